The van der Waals surface area contributed by atoms with Gasteiger partial charge in [0.2, 0.25) is 0 Å². The molecule has 2 heteroatoms. The molecule has 0 saturated heterocycles. The number of benzene rings is 1. The van der Waals surface area contributed by atoms with Gasteiger partial charge in [-0.3, -0.25) is 0 Å². The van der Waals surface area contributed by atoms with Crippen molar-refractivity contribution in [3.05, 3.63) is 33.8 Å². The highest BCUT2D eigenvalue weighted by Gasteiger charge is 2.38. The zero-order valence-corrected chi connectivity index (χ0v) is 15.1. The van der Waals surface area contributed by atoms with Crippen LogP contribution >= 0.6 is 15.9 Å². The Balaban J connectivity index is 1.98. The average molecular weight is 338 g/mol. The van der Waals surface area contributed by atoms with Gasteiger partial charge in [0, 0.05) is 17.1 Å². The molecule has 0 spiro atoms. The summed E-state index contributed by atoms with van der Waals surface area (Å²) in [5.41, 5.74) is 3.60. The summed E-state index contributed by atoms with van der Waals surface area (Å²) in [7, 11) is 0. The van der Waals surface area contributed by atoms with Crippen LogP contribution in [0.15, 0.2) is 22.7 Å². The predicted molar refractivity (Wildman–Crippen MR) is 90.9 cm³/mol. The van der Waals surface area contributed by atoms with Crippen molar-refractivity contribution in [3.8, 4) is 0 Å². The molecule has 1 saturated carbocycles. The summed E-state index contributed by atoms with van der Waals surface area (Å²) in [4.78, 5) is 0. The topological polar surface area (TPSA) is 12.0 Å². The average Bonchev–Trinajstić information content (AvgIpc) is 2.27. The van der Waals surface area contributed by atoms with E-state index in [9.17, 15) is 0 Å². The van der Waals surface area contributed by atoms with E-state index in [1.54, 1.807) is 0 Å². The van der Waals surface area contributed by atoms with Gasteiger partial charge in [0.25, 0.3) is 0 Å². The van der Waals surface area contributed by atoms with Crippen LogP contribution in [0, 0.1) is 17.8 Å². The molecule has 2 rings (SSSR count). The van der Waals surface area contributed by atoms with Crippen LogP contribution in [-0.2, 0) is 6.54 Å². The van der Waals surface area contributed by atoms with Crippen LogP contribution < -0.4 is 5.32 Å². The first kappa shape index (κ1) is 16.0. The summed E-state index contributed by atoms with van der Waals surface area (Å²) in [6.45, 7) is 12.8. The van der Waals surface area contributed by atoms with E-state index in [4.69, 9.17) is 0 Å². The van der Waals surface area contributed by atoms with Crippen molar-refractivity contribution >= 4 is 15.9 Å². The van der Waals surface area contributed by atoms with Crippen molar-refractivity contribution in [2.45, 2.75) is 66.5 Å². The zero-order chi connectivity index (χ0) is 15.0. The Morgan fingerprint density at radius 2 is 1.75 bits per heavy atom. The molecule has 112 valence electrons. The van der Waals surface area contributed by atoms with Crippen LogP contribution in [0.1, 0.15) is 58.1 Å². The standard InChI is InChI=1S/C18H28BrN/c1-13-8-14(6-7-16(13)19)11-20-15-9-17(2,3)12-18(4,5)10-15/h6-8,15,20H,9-12H2,1-5H3. The molecule has 0 radical (unpaired) electrons. The van der Waals surface area contributed by atoms with Gasteiger partial charge < -0.3 is 5.32 Å². The molecule has 0 aromatic heterocycles. The molecule has 20 heavy (non-hydrogen) atoms. The fourth-order valence-electron chi connectivity index (χ4n) is 4.07. The Bertz CT molecular complexity index is 460. The molecule has 0 bridgehead atoms. The molecule has 1 aliphatic rings. The van der Waals surface area contributed by atoms with Crippen molar-refractivity contribution in [1.29, 1.82) is 0 Å². The third-order valence-electron chi connectivity index (χ3n) is 4.37. The van der Waals surface area contributed by atoms with Gasteiger partial charge in [-0.2, -0.15) is 0 Å². The second-order valence-corrected chi connectivity index (χ2v) is 8.93. The minimum absolute atomic E-state index is 0.453. The van der Waals surface area contributed by atoms with Crippen LogP contribution in [-0.4, -0.2) is 6.04 Å². The minimum atomic E-state index is 0.453. The van der Waals surface area contributed by atoms with Gasteiger partial charge in [0.05, 0.1) is 0 Å². The third kappa shape index (κ3) is 4.33. The molecule has 0 heterocycles. The molecule has 0 unspecified atom stereocenters. The summed E-state index contributed by atoms with van der Waals surface area (Å²) < 4.78 is 1.20. The third-order valence-corrected chi connectivity index (χ3v) is 5.26. The molecule has 0 aliphatic heterocycles. The summed E-state index contributed by atoms with van der Waals surface area (Å²) in [6.07, 6.45) is 3.90. The largest absolute Gasteiger partial charge is 0.310 e. The van der Waals surface area contributed by atoms with Gasteiger partial charge in [0.1, 0.15) is 0 Å². The number of hydrogen-bond donors (Lipinski definition) is 1. The van der Waals surface area contributed by atoms with Crippen LogP contribution in [0.25, 0.3) is 0 Å². The number of rotatable bonds is 3. The first-order valence-electron chi connectivity index (χ1n) is 7.65. The monoisotopic (exact) mass is 337 g/mol. The maximum Gasteiger partial charge on any atom is 0.0208 e. The van der Waals surface area contributed by atoms with E-state index < -0.39 is 0 Å². The lowest BCUT2D eigenvalue weighted by Gasteiger charge is -2.45. The van der Waals surface area contributed by atoms with Gasteiger partial charge in [-0.05, 0) is 54.2 Å². The highest BCUT2D eigenvalue weighted by molar-refractivity contribution is 9.10. The maximum absolute atomic E-state index is 3.78. The minimum Gasteiger partial charge on any atom is -0.310 e. The van der Waals surface area contributed by atoms with E-state index >= 15 is 0 Å². The van der Waals surface area contributed by atoms with Crippen LogP contribution in [0.2, 0.25) is 0 Å². The summed E-state index contributed by atoms with van der Waals surface area (Å²) in [6, 6.07) is 7.28. The van der Waals surface area contributed by atoms with Gasteiger partial charge in [0.15, 0.2) is 0 Å². The van der Waals surface area contributed by atoms with Crippen LogP contribution in [0.4, 0.5) is 0 Å². The Hall–Kier alpha value is -0.340. The van der Waals surface area contributed by atoms with Gasteiger partial charge in [-0.15, -0.1) is 0 Å². The number of halogens is 1. The van der Waals surface area contributed by atoms with Gasteiger partial charge >= 0.3 is 0 Å². The van der Waals surface area contributed by atoms with Crippen molar-refractivity contribution in [3.63, 3.8) is 0 Å². The van der Waals surface area contributed by atoms with E-state index in [2.05, 4.69) is 74.1 Å². The van der Waals surface area contributed by atoms with Crippen molar-refractivity contribution in [1.82, 2.24) is 5.32 Å². The Morgan fingerprint density at radius 1 is 1.15 bits per heavy atom. The van der Waals surface area contributed by atoms with Gasteiger partial charge in [-0.25, -0.2) is 0 Å². The van der Waals surface area contributed by atoms with E-state index in [-0.39, 0.29) is 0 Å². The second kappa shape index (κ2) is 5.81. The Morgan fingerprint density at radius 3 is 2.30 bits per heavy atom. The van der Waals surface area contributed by atoms with Crippen molar-refractivity contribution in [2.24, 2.45) is 10.8 Å². The summed E-state index contributed by atoms with van der Waals surface area (Å²) >= 11 is 3.57. The highest BCUT2D eigenvalue weighted by Crippen LogP contribution is 2.45. The number of aryl methyl sites for hydroxylation is 1. The molecule has 1 N–H and O–H groups in total. The van der Waals surface area contributed by atoms with Crippen molar-refractivity contribution < 1.29 is 0 Å². The first-order chi connectivity index (χ1) is 9.17. The molecule has 1 aliphatic carbocycles. The number of hydrogen-bond acceptors (Lipinski definition) is 1. The van der Waals surface area contributed by atoms with E-state index in [0.717, 1.165) is 6.54 Å². The lowest BCUT2D eigenvalue weighted by molar-refractivity contribution is 0.0845. The van der Waals surface area contributed by atoms with E-state index in [1.165, 1.54) is 34.9 Å². The molecule has 0 amide bonds. The SMILES string of the molecule is Cc1cc(CNC2CC(C)(C)CC(C)(C)C2)ccc1Br. The fraction of sp³-hybridized carbons (Fsp3) is 0.667. The van der Waals surface area contributed by atoms with Crippen LogP contribution in [0.3, 0.4) is 0 Å². The molecule has 1 aromatic carbocycles. The smallest absolute Gasteiger partial charge is 0.0208 e. The molecular formula is C18H28BrN. The van der Waals surface area contributed by atoms with E-state index in [1.807, 2.05) is 0 Å². The van der Waals surface area contributed by atoms with Gasteiger partial charge in [-0.1, -0.05) is 55.8 Å². The molecular weight excluding hydrogens is 310 g/mol. The molecule has 1 fully saturated rings. The second-order valence-electron chi connectivity index (χ2n) is 8.07. The zero-order valence-electron chi connectivity index (χ0n) is 13.5. The Labute approximate surface area is 132 Å². The van der Waals surface area contributed by atoms with E-state index in [0.29, 0.717) is 16.9 Å². The predicted octanol–water partition coefficient (Wildman–Crippen LogP) is 5.45. The quantitative estimate of drug-likeness (QED) is 0.772. The first-order valence-corrected chi connectivity index (χ1v) is 8.45. The van der Waals surface area contributed by atoms with Crippen LogP contribution in [0.5, 0.6) is 0 Å². The Kier molecular flexibility index (Phi) is 4.66. The highest BCUT2D eigenvalue weighted by atomic mass is 79.9. The number of nitrogens with one attached hydrogen (secondary N) is 1. The molecule has 1 nitrogen and oxygen atoms in total. The maximum atomic E-state index is 3.78. The van der Waals surface area contributed by atoms with Crippen molar-refractivity contribution in [2.75, 3.05) is 0 Å². The molecule has 1 aromatic rings. The lowest BCUT2D eigenvalue weighted by Crippen LogP contribution is -2.43. The summed E-state index contributed by atoms with van der Waals surface area (Å²) in [5.74, 6) is 0. The fourth-order valence-corrected chi connectivity index (χ4v) is 4.32. The molecule has 0 atom stereocenters. The summed E-state index contributed by atoms with van der Waals surface area (Å²) in [5, 5.41) is 3.78. The lowest BCUT2D eigenvalue weighted by atomic mass is 9.63. The normalized spacial score (nSPS) is 21.9.